The molecule has 0 unspecified atom stereocenters. The van der Waals surface area contributed by atoms with Crippen LogP contribution in [-0.2, 0) is 0 Å². The first-order chi connectivity index (χ1) is 10.7. The summed E-state index contributed by atoms with van der Waals surface area (Å²) in [7, 11) is 1.55. The Labute approximate surface area is 137 Å². The lowest BCUT2D eigenvalue weighted by molar-refractivity contribution is 0.102. The van der Waals surface area contributed by atoms with Crippen molar-refractivity contribution in [3.8, 4) is 11.5 Å². The van der Waals surface area contributed by atoms with Crippen LogP contribution in [0.5, 0.6) is 11.5 Å². The van der Waals surface area contributed by atoms with Crippen molar-refractivity contribution in [2.24, 2.45) is 0 Å². The van der Waals surface area contributed by atoms with Crippen molar-refractivity contribution >= 4 is 27.5 Å². The number of nitrogens with one attached hydrogen (secondary N) is 1. The third kappa shape index (κ3) is 3.98. The molecule has 0 aliphatic rings. The molecule has 1 aromatic heterocycles. The van der Waals surface area contributed by atoms with Crippen molar-refractivity contribution in [3.63, 3.8) is 0 Å². The van der Waals surface area contributed by atoms with Gasteiger partial charge in [-0.05, 0) is 46.6 Å². The minimum absolute atomic E-state index is 0.229. The number of benzene rings is 1. The molecule has 6 heteroatoms. The van der Waals surface area contributed by atoms with Gasteiger partial charge in [0.25, 0.3) is 5.91 Å². The van der Waals surface area contributed by atoms with Crippen LogP contribution in [0.25, 0.3) is 0 Å². The second-order valence-electron chi connectivity index (χ2n) is 4.53. The molecule has 2 aromatic rings. The second-order valence-corrected chi connectivity index (χ2v) is 5.38. The number of rotatable bonds is 6. The summed E-state index contributed by atoms with van der Waals surface area (Å²) in [6.45, 7) is 2.61. The molecule has 0 aliphatic heterocycles. The maximum absolute atomic E-state index is 12.3. The number of hydrogen-bond acceptors (Lipinski definition) is 4. The third-order valence-electron chi connectivity index (χ3n) is 2.88. The Kier molecular flexibility index (Phi) is 5.77. The number of anilines is 1. The van der Waals surface area contributed by atoms with Gasteiger partial charge in [0.2, 0.25) is 0 Å². The number of ether oxygens (including phenoxy) is 2. The molecule has 116 valence electrons. The highest BCUT2D eigenvalue weighted by Crippen LogP contribution is 2.36. The zero-order valence-electron chi connectivity index (χ0n) is 12.4. The summed E-state index contributed by atoms with van der Waals surface area (Å²) in [5.74, 6) is 0.889. The molecule has 5 nitrogen and oxygen atoms in total. The Morgan fingerprint density at radius 1 is 1.32 bits per heavy atom. The summed E-state index contributed by atoms with van der Waals surface area (Å²) in [4.78, 5) is 16.2. The second kappa shape index (κ2) is 7.79. The Balaban J connectivity index is 2.24. The van der Waals surface area contributed by atoms with Gasteiger partial charge in [-0.3, -0.25) is 9.78 Å². The SMILES string of the molecule is CCCOc1c(Br)cc(C(=O)Nc2ccncc2)cc1OC. The first-order valence-electron chi connectivity index (χ1n) is 6.87. The van der Waals surface area contributed by atoms with Crippen molar-refractivity contribution < 1.29 is 14.3 Å². The standard InChI is InChI=1S/C16H17BrN2O3/c1-3-8-22-15-13(17)9-11(10-14(15)21-2)16(20)19-12-4-6-18-7-5-12/h4-7,9-10H,3,8H2,1-2H3,(H,18,19,20). The van der Waals surface area contributed by atoms with Crippen molar-refractivity contribution in [3.05, 3.63) is 46.7 Å². The molecule has 0 radical (unpaired) electrons. The van der Waals surface area contributed by atoms with Crippen LogP contribution in [0, 0.1) is 0 Å². The largest absolute Gasteiger partial charge is 0.493 e. The van der Waals surface area contributed by atoms with E-state index in [0.29, 0.717) is 33.8 Å². The molecular formula is C16H17BrN2O3. The van der Waals surface area contributed by atoms with E-state index in [1.54, 1.807) is 43.8 Å². The van der Waals surface area contributed by atoms with Crippen LogP contribution in [0.2, 0.25) is 0 Å². The number of hydrogen-bond donors (Lipinski definition) is 1. The lowest BCUT2D eigenvalue weighted by Gasteiger charge is -2.14. The normalized spacial score (nSPS) is 10.1. The summed E-state index contributed by atoms with van der Waals surface area (Å²) in [5, 5.41) is 2.80. The number of carbonyl (C=O) groups is 1. The van der Waals surface area contributed by atoms with E-state index in [9.17, 15) is 4.79 Å². The lowest BCUT2D eigenvalue weighted by atomic mass is 10.2. The topological polar surface area (TPSA) is 60.5 Å². The summed E-state index contributed by atoms with van der Waals surface area (Å²) in [6, 6.07) is 6.82. The van der Waals surface area contributed by atoms with Gasteiger partial charge in [-0.1, -0.05) is 6.92 Å². The Bertz CT molecular complexity index is 647. The fourth-order valence-corrected chi connectivity index (χ4v) is 2.39. The van der Waals surface area contributed by atoms with E-state index in [-0.39, 0.29) is 5.91 Å². The quantitative estimate of drug-likeness (QED) is 0.844. The van der Waals surface area contributed by atoms with E-state index in [0.717, 1.165) is 6.42 Å². The molecule has 0 atom stereocenters. The third-order valence-corrected chi connectivity index (χ3v) is 3.47. The monoisotopic (exact) mass is 364 g/mol. The van der Waals surface area contributed by atoms with Gasteiger partial charge >= 0.3 is 0 Å². The fraction of sp³-hybridized carbons (Fsp3) is 0.250. The van der Waals surface area contributed by atoms with Gasteiger partial charge in [-0.25, -0.2) is 0 Å². The fourth-order valence-electron chi connectivity index (χ4n) is 1.83. The van der Waals surface area contributed by atoms with Crippen molar-refractivity contribution in [1.29, 1.82) is 0 Å². The molecule has 1 amide bonds. The summed E-state index contributed by atoms with van der Waals surface area (Å²) in [6.07, 6.45) is 4.13. The average molecular weight is 365 g/mol. The predicted octanol–water partition coefficient (Wildman–Crippen LogP) is 3.89. The van der Waals surface area contributed by atoms with E-state index in [4.69, 9.17) is 9.47 Å². The van der Waals surface area contributed by atoms with Crippen LogP contribution < -0.4 is 14.8 Å². The van der Waals surface area contributed by atoms with Crippen molar-refractivity contribution in [2.75, 3.05) is 19.0 Å². The zero-order valence-corrected chi connectivity index (χ0v) is 14.0. The molecule has 22 heavy (non-hydrogen) atoms. The van der Waals surface area contributed by atoms with Gasteiger partial charge in [0.15, 0.2) is 11.5 Å². The lowest BCUT2D eigenvalue weighted by Crippen LogP contribution is -2.12. The van der Waals surface area contributed by atoms with Gasteiger partial charge in [0.05, 0.1) is 18.2 Å². The Morgan fingerprint density at radius 3 is 2.68 bits per heavy atom. The van der Waals surface area contributed by atoms with E-state index in [1.165, 1.54) is 0 Å². The molecule has 1 aromatic carbocycles. The van der Waals surface area contributed by atoms with Crippen LogP contribution >= 0.6 is 15.9 Å². The smallest absolute Gasteiger partial charge is 0.255 e. The summed E-state index contributed by atoms with van der Waals surface area (Å²) < 4.78 is 11.6. The highest BCUT2D eigenvalue weighted by molar-refractivity contribution is 9.10. The number of amides is 1. The minimum atomic E-state index is -0.229. The molecular weight excluding hydrogens is 348 g/mol. The molecule has 0 bridgehead atoms. The molecule has 0 spiro atoms. The minimum Gasteiger partial charge on any atom is -0.493 e. The highest BCUT2D eigenvalue weighted by Gasteiger charge is 2.15. The van der Waals surface area contributed by atoms with Crippen LogP contribution in [0.1, 0.15) is 23.7 Å². The molecule has 1 N–H and O–H groups in total. The number of halogens is 1. The zero-order chi connectivity index (χ0) is 15.9. The molecule has 0 saturated heterocycles. The Morgan fingerprint density at radius 2 is 2.05 bits per heavy atom. The van der Waals surface area contributed by atoms with E-state index in [1.807, 2.05) is 6.92 Å². The molecule has 2 rings (SSSR count). The maximum Gasteiger partial charge on any atom is 0.255 e. The van der Waals surface area contributed by atoms with Gasteiger partial charge in [0.1, 0.15) is 0 Å². The van der Waals surface area contributed by atoms with Gasteiger partial charge in [-0.2, -0.15) is 0 Å². The number of nitrogens with zero attached hydrogens (tertiary/aromatic N) is 1. The molecule has 0 saturated carbocycles. The maximum atomic E-state index is 12.3. The average Bonchev–Trinajstić information content (AvgIpc) is 2.54. The van der Waals surface area contributed by atoms with Crippen molar-refractivity contribution in [1.82, 2.24) is 4.98 Å². The number of aromatic nitrogens is 1. The van der Waals surface area contributed by atoms with Gasteiger partial charge < -0.3 is 14.8 Å². The summed E-state index contributed by atoms with van der Waals surface area (Å²) >= 11 is 3.43. The molecule has 0 fully saturated rings. The van der Waals surface area contributed by atoms with E-state index < -0.39 is 0 Å². The number of pyridine rings is 1. The predicted molar refractivity (Wildman–Crippen MR) is 88.7 cm³/mol. The van der Waals surface area contributed by atoms with E-state index in [2.05, 4.69) is 26.2 Å². The Hall–Kier alpha value is -2.08. The highest BCUT2D eigenvalue weighted by atomic mass is 79.9. The molecule has 1 heterocycles. The van der Waals surface area contributed by atoms with Gasteiger partial charge in [0, 0.05) is 23.6 Å². The van der Waals surface area contributed by atoms with Crippen LogP contribution in [0.3, 0.4) is 0 Å². The van der Waals surface area contributed by atoms with E-state index >= 15 is 0 Å². The summed E-state index contributed by atoms with van der Waals surface area (Å²) in [5.41, 5.74) is 1.16. The van der Waals surface area contributed by atoms with Crippen LogP contribution in [-0.4, -0.2) is 24.6 Å². The molecule has 0 aliphatic carbocycles. The number of carbonyl (C=O) groups excluding carboxylic acids is 1. The first-order valence-corrected chi connectivity index (χ1v) is 7.66. The number of methoxy groups -OCH3 is 1. The van der Waals surface area contributed by atoms with Gasteiger partial charge in [-0.15, -0.1) is 0 Å². The first kappa shape index (κ1) is 16.3. The van der Waals surface area contributed by atoms with Crippen LogP contribution in [0.4, 0.5) is 5.69 Å². The van der Waals surface area contributed by atoms with Crippen molar-refractivity contribution in [2.45, 2.75) is 13.3 Å². The van der Waals surface area contributed by atoms with Crippen LogP contribution in [0.15, 0.2) is 41.1 Å².